The van der Waals surface area contributed by atoms with Crippen LogP contribution >= 0.6 is 22.7 Å². The Morgan fingerprint density at radius 1 is 0.333 bits per heavy atom. The van der Waals surface area contributed by atoms with Gasteiger partial charge in [-0.05, 0) is 59.7 Å². The molecule has 0 aliphatic carbocycles. The van der Waals surface area contributed by atoms with Crippen LogP contribution in [-0.2, 0) is 0 Å². The normalized spacial score (nSPS) is 14.6. The topological polar surface area (TPSA) is 73.1 Å². The van der Waals surface area contributed by atoms with Crippen molar-refractivity contribution < 1.29 is 128 Å². The minimum Gasteiger partial charge on any atom is -0.416 e. The molecule has 0 aliphatic heterocycles. The van der Waals surface area contributed by atoms with E-state index in [0.29, 0.717) is 12.1 Å². The average Bonchev–Trinajstić information content (AvgIpc) is 4.04. The third-order valence-electron chi connectivity index (χ3n) is 9.35. The van der Waals surface area contributed by atoms with Crippen molar-refractivity contribution in [2.75, 3.05) is 0 Å². The number of hydrogen-bond donors (Lipinski definition) is 0. The molecule has 0 unspecified atom stereocenters. The molecule has 0 spiro atoms. The second-order valence-corrected chi connectivity index (χ2v) is 16.0. The molecule has 5 nitrogen and oxygen atoms in total. The summed E-state index contributed by atoms with van der Waals surface area (Å²) in [4.78, 5) is 20.6. The van der Waals surface area contributed by atoms with E-state index < -0.39 is 92.9 Å². The van der Waals surface area contributed by atoms with E-state index in [4.69, 9.17) is 4.42 Å². The maximum Gasteiger partial charge on any atom is 0.460 e. The highest BCUT2D eigenvalue weighted by Crippen LogP contribution is 2.62. The number of rotatable bonds is 16. The SMILES string of the molecule is O=C(c1ccc(-c2ccc(-c3nnc(-c4ccc(-c5ccc(C(=O)C(F)(F)C(F)(F)C(F)(F)C(F)(F)C(F)(F)C(F)(F)F)s5)cc4)o3)cc2)s1)C(F)(F)C(F)(F)C(F)(F)C(F)(F)C(F)(F)C(F)(F)F. The van der Waals surface area contributed by atoms with Crippen molar-refractivity contribution >= 4 is 34.2 Å². The standard InChI is InChI=1S/C36H12F26N2O3S2/c37-25(38,27(41,42)29(45,46)31(49,50)33(53,54)35(57,58)59)21(65)19-11-9-17(68-19)13-1-5-15(6-2-13)23-63-64-24(67-23)16-7-3-14(4-8-16)18-10-12-20(69-18)22(66)26(39,40)28(43,44)30(47,48)32(51,52)34(55,56)36(60,61)62/h1-12H. The number of hydrogen-bond acceptors (Lipinski definition) is 7. The van der Waals surface area contributed by atoms with Gasteiger partial charge in [0.05, 0.1) is 9.75 Å². The maximum atomic E-state index is 14.5. The summed E-state index contributed by atoms with van der Waals surface area (Å²) in [7, 11) is 0. The monoisotopic (exact) mass is 1080 g/mol. The fourth-order valence-corrected chi connectivity index (χ4v) is 7.34. The summed E-state index contributed by atoms with van der Waals surface area (Å²) in [6.07, 6.45) is -15.3. The molecule has 0 bridgehead atoms. The molecule has 0 radical (unpaired) electrons. The van der Waals surface area contributed by atoms with Crippen molar-refractivity contribution in [3.63, 3.8) is 0 Å². The molecular formula is C36H12F26N2O3S2. The average molecular weight is 1080 g/mol. The van der Waals surface area contributed by atoms with Crippen molar-refractivity contribution in [1.29, 1.82) is 0 Å². The van der Waals surface area contributed by atoms with Crippen LogP contribution in [0.5, 0.6) is 0 Å². The predicted octanol–water partition coefficient (Wildman–Crippen LogP) is 14.7. The number of alkyl halides is 26. The zero-order valence-electron chi connectivity index (χ0n) is 31.7. The highest BCUT2D eigenvalue weighted by atomic mass is 32.1. The van der Waals surface area contributed by atoms with Crippen LogP contribution in [0, 0.1) is 0 Å². The van der Waals surface area contributed by atoms with E-state index in [1.165, 1.54) is 0 Å². The minimum atomic E-state index is -8.22. The molecule has 33 heteroatoms. The number of halogens is 26. The van der Waals surface area contributed by atoms with Gasteiger partial charge in [-0.15, -0.1) is 32.9 Å². The first-order chi connectivity index (χ1) is 30.9. The van der Waals surface area contributed by atoms with Gasteiger partial charge in [-0.1, -0.05) is 24.3 Å². The summed E-state index contributed by atoms with van der Waals surface area (Å²) < 4.78 is 357. The summed E-state index contributed by atoms with van der Waals surface area (Å²) in [5.41, 5.74) is -0.173. The Bertz CT molecular complexity index is 2530. The summed E-state index contributed by atoms with van der Waals surface area (Å²) in [5, 5.41) is 7.42. The lowest BCUT2D eigenvalue weighted by Crippen LogP contribution is -2.71. The van der Waals surface area contributed by atoms with E-state index in [2.05, 4.69) is 10.2 Å². The van der Waals surface area contributed by atoms with Crippen LogP contribution in [0.2, 0.25) is 0 Å². The van der Waals surface area contributed by atoms with Gasteiger partial charge in [0, 0.05) is 20.9 Å². The van der Waals surface area contributed by atoms with Gasteiger partial charge in [-0.3, -0.25) is 9.59 Å². The first-order valence-electron chi connectivity index (χ1n) is 17.2. The Balaban J connectivity index is 1.30. The first-order valence-corrected chi connectivity index (χ1v) is 18.8. The molecule has 0 saturated heterocycles. The molecular weight excluding hydrogens is 1070 g/mol. The van der Waals surface area contributed by atoms with E-state index in [-0.39, 0.29) is 78.6 Å². The van der Waals surface area contributed by atoms with Crippen molar-refractivity contribution in [3.8, 4) is 43.8 Å². The fourth-order valence-electron chi connectivity index (χ4n) is 5.37. The molecule has 378 valence electrons. The second kappa shape index (κ2) is 16.6. The van der Waals surface area contributed by atoms with Gasteiger partial charge in [0.15, 0.2) is 0 Å². The highest BCUT2D eigenvalue weighted by molar-refractivity contribution is 7.17. The number of carbonyl (C=O) groups excluding carboxylic acids is 2. The van der Waals surface area contributed by atoms with Gasteiger partial charge in [-0.2, -0.15) is 114 Å². The number of ketones is 2. The summed E-state index contributed by atoms with van der Waals surface area (Å²) in [6.45, 7) is 0. The molecule has 0 N–H and O–H groups in total. The van der Waals surface area contributed by atoms with Crippen LogP contribution in [0.4, 0.5) is 114 Å². The Labute approximate surface area is 370 Å². The molecule has 3 aromatic heterocycles. The Hall–Kier alpha value is -5.50. The molecule has 5 rings (SSSR count). The summed E-state index contributed by atoms with van der Waals surface area (Å²) >= 11 is -0.371. The van der Waals surface area contributed by atoms with Crippen LogP contribution in [-0.4, -0.2) is 93.3 Å². The predicted molar refractivity (Wildman–Crippen MR) is 182 cm³/mol. The van der Waals surface area contributed by atoms with E-state index in [1.807, 2.05) is 0 Å². The number of benzene rings is 2. The molecule has 3 heterocycles. The van der Waals surface area contributed by atoms with Gasteiger partial charge in [-0.25, -0.2) is 0 Å². The lowest BCUT2D eigenvalue weighted by atomic mass is 9.92. The zero-order chi connectivity index (χ0) is 52.9. The third-order valence-corrected chi connectivity index (χ3v) is 11.6. The molecule has 0 fully saturated rings. The molecule has 0 amide bonds. The van der Waals surface area contributed by atoms with Crippen molar-refractivity contribution in [3.05, 3.63) is 82.6 Å². The minimum absolute atomic E-state index is 0.0145. The Kier molecular flexibility index (Phi) is 13.1. The van der Waals surface area contributed by atoms with E-state index in [0.717, 1.165) is 48.5 Å². The molecule has 0 aliphatic rings. The smallest absolute Gasteiger partial charge is 0.416 e. The van der Waals surface area contributed by atoms with Crippen molar-refractivity contribution in [2.45, 2.75) is 71.6 Å². The van der Waals surface area contributed by atoms with Gasteiger partial charge >= 0.3 is 71.6 Å². The van der Waals surface area contributed by atoms with Crippen LogP contribution in [0.1, 0.15) is 19.3 Å². The van der Waals surface area contributed by atoms with Crippen LogP contribution < -0.4 is 0 Å². The fraction of sp³-hybridized carbons (Fsp3) is 0.333. The number of carbonyl (C=O) groups is 2. The Morgan fingerprint density at radius 2 is 0.580 bits per heavy atom. The highest BCUT2D eigenvalue weighted by Gasteiger charge is 2.93. The summed E-state index contributed by atoms with van der Waals surface area (Å²) in [5.74, 6) is -86.0. The molecule has 2 aromatic carbocycles. The molecule has 0 atom stereocenters. The number of nitrogens with zero attached hydrogens (tertiary/aromatic N) is 2. The maximum absolute atomic E-state index is 14.5. The number of Topliss-reactive ketones (excluding diaryl/α,β-unsaturated/α-hetero) is 2. The third kappa shape index (κ3) is 8.15. The lowest BCUT2D eigenvalue weighted by Gasteiger charge is -2.39. The molecule has 69 heavy (non-hydrogen) atoms. The van der Waals surface area contributed by atoms with Crippen molar-refractivity contribution in [1.82, 2.24) is 10.2 Å². The van der Waals surface area contributed by atoms with E-state index in [1.54, 1.807) is 0 Å². The van der Waals surface area contributed by atoms with Crippen LogP contribution in [0.3, 0.4) is 0 Å². The molecule has 0 saturated carbocycles. The van der Waals surface area contributed by atoms with Crippen LogP contribution in [0.15, 0.2) is 77.2 Å². The van der Waals surface area contributed by atoms with Gasteiger partial charge < -0.3 is 4.42 Å². The molecule has 5 aromatic rings. The summed E-state index contributed by atoms with van der Waals surface area (Å²) in [6, 6.07) is 10.8. The van der Waals surface area contributed by atoms with Crippen molar-refractivity contribution in [2.24, 2.45) is 0 Å². The van der Waals surface area contributed by atoms with E-state index in [9.17, 15) is 124 Å². The Morgan fingerprint density at radius 3 is 0.841 bits per heavy atom. The largest absolute Gasteiger partial charge is 0.460 e. The van der Waals surface area contributed by atoms with Gasteiger partial charge in [0.1, 0.15) is 0 Å². The van der Waals surface area contributed by atoms with Crippen LogP contribution in [0.25, 0.3) is 43.8 Å². The van der Waals surface area contributed by atoms with E-state index >= 15 is 0 Å². The first kappa shape index (κ1) is 54.4. The quantitative estimate of drug-likeness (QED) is 0.0727. The number of thiophene rings is 2. The second-order valence-electron chi connectivity index (χ2n) is 13.8. The van der Waals surface area contributed by atoms with Gasteiger partial charge in [0.25, 0.3) is 0 Å². The van der Waals surface area contributed by atoms with Gasteiger partial charge in [0.2, 0.25) is 23.3 Å². The lowest BCUT2D eigenvalue weighted by molar-refractivity contribution is -0.435. The number of aromatic nitrogens is 2. The zero-order valence-corrected chi connectivity index (χ0v) is 33.3.